The van der Waals surface area contributed by atoms with Crippen molar-refractivity contribution in [3.05, 3.63) is 11.5 Å². The summed E-state index contributed by atoms with van der Waals surface area (Å²) in [6.45, 7) is 0. The summed E-state index contributed by atoms with van der Waals surface area (Å²) in [4.78, 5) is 0. The van der Waals surface area contributed by atoms with Gasteiger partial charge in [0.15, 0.2) is 0 Å². The van der Waals surface area contributed by atoms with Crippen molar-refractivity contribution in [2.75, 3.05) is 0 Å². The molecule has 0 heterocycles. The van der Waals surface area contributed by atoms with Gasteiger partial charge in [0.05, 0.1) is 0 Å². The largest absolute Gasteiger partial charge is 0.120 e. The molecular formula is C2H2BCl. The Hall–Kier alpha value is 0.0949. The van der Waals surface area contributed by atoms with Crippen molar-refractivity contribution >= 4 is 19.4 Å². The maximum atomic E-state index is 4.88. The number of hydrogen-bond donors (Lipinski definition) is 0. The molecule has 0 rings (SSSR count). The van der Waals surface area contributed by atoms with Crippen LogP contribution in [-0.2, 0) is 0 Å². The van der Waals surface area contributed by atoms with E-state index in [0.717, 1.165) is 0 Å². The Labute approximate surface area is 31.9 Å². The van der Waals surface area contributed by atoms with Crippen molar-refractivity contribution in [1.82, 2.24) is 0 Å². The van der Waals surface area contributed by atoms with Crippen LogP contribution in [0.5, 0.6) is 0 Å². The predicted molar refractivity (Wildman–Crippen MR) is 20.7 cm³/mol. The molecule has 0 aliphatic rings. The molecule has 0 amide bonds. The van der Waals surface area contributed by atoms with Gasteiger partial charge in [0.1, 0.15) is 7.85 Å². The van der Waals surface area contributed by atoms with Crippen LogP contribution in [0.4, 0.5) is 0 Å². The predicted octanol–water partition coefficient (Wildman–Crippen LogP) is 0.865. The third kappa shape index (κ3) is 2.09. The van der Waals surface area contributed by atoms with E-state index in [1.807, 2.05) is 0 Å². The van der Waals surface area contributed by atoms with Gasteiger partial charge in [-0.1, -0.05) is 11.6 Å². The van der Waals surface area contributed by atoms with Gasteiger partial charge in [-0.25, -0.2) is 0 Å². The summed E-state index contributed by atoms with van der Waals surface area (Å²) in [6, 6.07) is 0. The molecule has 0 spiro atoms. The van der Waals surface area contributed by atoms with Crippen LogP contribution in [0.15, 0.2) is 11.5 Å². The van der Waals surface area contributed by atoms with Crippen LogP contribution < -0.4 is 0 Å². The second-order valence-corrected chi connectivity index (χ2v) is 0.570. The van der Waals surface area contributed by atoms with Gasteiger partial charge in [0, 0.05) is 0 Å². The Morgan fingerprint density at radius 3 is 2.00 bits per heavy atom. The van der Waals surface area contributed by atoms with E-state index >= 15 is 0 Å². The summed E-state index contributed by atoms with van der Waals surface area (Å²) in [5.74, 6) is 1.27. The minimum absolute atomic E-state index is 1.25. The fraction of sp³-hybridized carbons (Fsp3) is 0. The van der Waals surface area contributed by atoms with E-state index in [9.17, 15) is 0 Å². The summed E-state index contributed by atoms with van der Waals surface area (Å²) in [7, 11) is 4.72. The smallest absolute Gasteiger partial charge is 0.104 e. The zero-order valence-electron chi connectivity index (χ0n) is 2.11. The second kappa shape index (κ2) is 3.09. The van der Waals surface area contributed by atoms with E-state index in [4.69, 9.17) is 19.4 Å². The molecule has 0 aromatic rings. The van der Waals surface area contributed by atoms with Gasteiger partial charge < -0.3 is 0 Å². The van der Waals surface area contributed by atoms with Gasteiger partial charge in [0.25, 0.3) is 0 Å². The lowest BCUT2D eigenvalue weighted by Gasteiger charge is -1.46. The Bertz CT molecular complexity index is 21.2. The molecule has 2 heteroatoms. The monoisotopic (exact) mass is 72.0 g/mol. The van der Waals surface area contributed by atoms with E-state index in [1.165, 1.54) is 11.5 Å². The molecule has 0 aliphatic carbocycles. The van der Waals surface area contributed by atoms with Crippen LogP contribution in [-0.4, -0.2) is 7.85 Å². The molecule has 0 fully saturated rings. The van der Waals surface area contributed by atoms with E-state index in [2.05, 4.69) is 0 Å². The van der Waals surface area contributed by atoms with Crippen molar-refractivity contribution in [1.29, 1.82) is 0 Å². The summed E-state index contributed by atoms with van der Waals surface area (Å²) >= 11 is 4.88. The van der Waals surface area contributed by atoms with Gasteiger partial charge in [-0.15, -0.1) is 5.98 Å². The fourth-order valence-corrected chi connectivity index (χ4v) is 0. The lowest BCUT2D eigenvalue weighted by atomic mass is 10.2. The zero-order valence-corrected chi connectivity index (χ0v) is 2.87. The molecule has 2 radical (unpaired) electrons. The minimum Gasteiger partial charge on any atom is -0.120 e. The van der Waals surface area contributed by atoms with E-state index in [-0.39, 0.29) is 0 Å². The first-order valence-corrected chi connectivity index (χ1v) is 1.32. The Morgan fingerprint density at radius 1 is 1.75 bits per heavy atom. The zero-order chi connectivity index (χ0) is 3.41. The maximum absolute atomic E-state index is 4.88. The Kier molecular flexibility index (Phi) is 3.17. The average Bonchev–Trinajstić information content (AvgIpc) is 1.37. The van der Waals surface area contributed by atoms with Gasteiger partial charge in [-0.05, 0) is 5.54 Å². The molecule has 0 aromatic heterocycles. The minimum atomic E-state index is 1.25. The highest BCUT2D eigenvalue weighted by Crippen LogP contribution is 1.67. The number of halogens is 1. The molecule has 0 saturated heterocycles. The molecule has 20 valence electrons. The highest BCUT2D eigenvalue weighted by atomic mass is 35.5. The highest BCUT2D eigenvalue weighted by Gasteiger charge is 1.38. The normalized spacial score (nSPS) is 9.25. The van der Waals surface area contributed by atoms with Crippen molar-refractivity contribution in [2.24, 2.45) is 0 Å². The van der Waals surface area contributed by atoms with Crippen LogP contribution in [0.25, 0.3) is 0 Å². The Morgan fingerprint density at radius 2 is 2.00 bits per heavy atom. The van der Waals surface area contributed by atoms with Gasteiger partial charge in [-0.3, -0.25) is 0 Å². The molecular weight excluding hydrogens is 70.3 g/mol. The van der Waals surface area contributed by atoms with E-state index < -0.39 is 0 Å². The summed E-state index contributed by atoms with van der Waals surface area (Å²) in [6.07, 6.45) is 0. The van der Waals surface area contributed by atoms with E-state index in [0.29, 0.717) is 0 Å². The fourth-order valence-electron chi connectivity index (χ4n) is 0. The van der Waals surface area contributed by atoms with Gasteiger partial charge in [-0.2, -0.15) is 0 Å². The van der Waals surface area contributed by atoms with Crippen molar-refractivity contribution in [3.63, 3.8) is 0 Å². The average molecular weight is 72.3 g/mol. The standard InChI is InChI=1S/C2H2BCl/c3-1-2-4/h1-2H. The molecule has 0 atom stereocenters. The molecule has 0 N–H and O–H groups in total. The van der Waals surface area contributed by atoms with Crippen molar-refractivity contribution in [3.8, 4) is 0 Å². The van der Waals surface area contributed by atoms with Gasteiger partial charge in [0.2, 0.25) is 0 Å². The lowest BCUT2D eigenvalue weighted by molar-refractivity contribution is 2.50. The molecule has 0 bridgehead atoms. The first kappa shape index (κ1) is 4.09. The third-order valence-electron chi connectivity index (χ3n) is 0.0727. The first-order valence-electron chi connectivity index (χ1n) is 0.885. The Balaban J connectivity index is 2.55. The summed E-state index contributed by atoms with van der Waals surface area (Å²) < 4.78 is 0. The maximum Gasteiger partial charge on any atom is 0.104 e. The number of hydrogen-bond acceptors (Lipinski definition) is 0. The molecule has 0 aromatic carbocycles. The van der Waals surface area contributed by atoms with Crippen LogP contribution in [0.1, 0.15) is 0 Å². The molecule has 4 heavy (non-hydrogen) atoms. The highest BCUT2D eigenvalue weighted by molar-refractivity contribution is 6.30. The SMILES string of the molecule is [B]C=CCl. The van der Waals surface area contributed by atoms with Crippen LogP contribution >= 0.6 is 11.6 Å². The van der Waals surface area contributed by atoms with Crippen molar-refractivity contribution in [2.45, 2.75) is 0 Å². The third-order valence-corrected chi connectivity index (χ3v) is 0.218. The van der Waals surface area contributed by atoms with Crippen LogP contribution in [0, 0.1) is 0 Å². The van der Waals surface area contributed by atoms with Crippen LogP contribution in [0.3, 0.4) is 0 Å². The number of rotatable bonds is 0. The summed E-state index contributed by atoms with van der Waals surface area (Å²) in [5, 5.41) is 0. The summed E-state index contributed by atoms with van der Waals surface area (Å²) in [5.41, 5.74) is 1.25. The lowest BCUT2D eigenvalue weighted by Crippen LogP contribution is -1.36. The molecule has 0 aliphatic heterocycles. The van der Waals surface area contributed by atoms with Gasteiger partial charge >= 0.3 is 0 Å². The van der Waals surface area contributed by atoms with Crippen LogP contribution in [0.2, 0.25) is 0 Å². The quantitative estimate of drug-likeness (QED) is 0.372. The van der Waals surface area contributed by atoms with E-state index in [1.54, 1.807) is 0 Å². The van der Waals surface area contributed by atoms with Crippen molar-refractivity contribution < 1.29 is 0 Å². The molecule has 0 unspecified atom stereocenters. The molecule has 0 nitrogen and oxygen atoms in total. The second-order valence-electron chi connectivity index (χ2n) is 0.318. The first-order chi connectivity index (χ1) is 1.91. The topological polar surface area (TPSA) is 0 Å². The molecule has 0 saturated carbocycles.